The molecule has 19 heavy (non-hydrogen) atoms. The third-order valence-corrected chi connectivity index (χ3v) is 4.16. The van der Waals surface area contributed by atoms with Gasteiger partial charge in [-0.05, 0) is 50.8 Å². The Balaban J connectivity index is 2.54. The van der Waals surface area contributed by atoms with E-state index in [4.69, 9.17) is 0 Å². The molecule has 1 rings (SSSR count). The number of aryl methyl sites for hydroxylation is 2. The predicted octanol–water partition coefficient (Wildman–Crippen LogP) is 5.17. The van der Waals surface area contributed by atoms with Crippen LogP contribution in [0.5, 0.6) is 0 Å². The second-order valence-electron chi connectivity index (χ2n) is 5.91. The number of nitrogens with one attached hydrogen (secondary N) is 1. The van der Waals surface area contributed by atoms with E-state index in [-0.39, 0.29) is 0 Å². The van der Waals surface area contributed by atoms with E-state index in [9.17, 15) is 0 Å². The highest BCUT2D eigenvalue weighted by atomic mass is 14.9. The highest BCUT2D eigenvalue weighted by Crippen LogP contribution is 2.20. The fourth-order valence-corrected chi connectivity index (χ4v) is 2.62. The van der Waals surface area contributed by atoms with Crippen LogP contribution in [-0.2, 0) is 0 Å². The second-order valence-corrected chi connectivity index (χ2v) is 5.91. The van der Waals surface area contributed by atoms with Crippen molar-refractivity contribution >= 4 is 0 Å². The monoisotopic (exact) mass is 261 g/mol. The van der Waals surface area contributed by atoms with Gasteiger partial charge in [-0.15, -0.1) is 0 Å². The molecule has 1 aromatic rings. The van der Waals surface area contributed by atoms with Crippen LogP contribution in [0.2, 0.25) is 0 Å². The van der Waals surface area contributed by atoms with Crippen LogP contribution in [0, 0.1) is 19.8 Å². The van der Waals surface area contributed by atoms with Crippen LogP contribution in [-0.4, -0.2) is 6.54 Å². The van der Waals surface area contributed by atoms with Crippen molar-refractivity contribution in [2.24, 2.45) is 5.92 Å². The summed E-state index contributed by atoms with van der Waals surface area (Å²) in [6.45, 7) is 12.4. The number of hydrogen-bond acceptors (Lipinski definition) is 1. The summed E-state index contributed by atoms with van der Waals surface area (Å²) >= 11 is 0. The third kappa shape index (κ3) is 5.36. The van der Waals surface area contributed by atoms with Crippen LogP contribution in [0.4, 0.5) is 0 Å². The lowest BCUT2D eigenvalue weighted by Gasteiger charge is -2.21. The Morgan fingerprint density at radius 2 is 1.89 bits per heavy atom. The average Bonchev–Trinajstić information content (AvgIpc) is 2.41. The summed E-state index contributed by atoms with van der Waals surface area (Å²) in [5.74, 6) is 0.826. The molecule has 0 heterocycles. The van der Waals surface area contributed by atoms with E-state index < -0.39 is 0 Å². The van der Waals surface area contributed by atoms with E-state index >= 15 is 0 Å². The Bertz CT molecular complexity index is 370. The topological polar surface area (TPSA) is 12.0 Å². The van der Waals surface area contributed by atoms with Crippen LogP contribution in [0.15, 0.2) is 18.2 Å². The lowest BCUT2D eigenvalue weighted by Crippen LogP contribution is -2.26. The zero-order valence-electron chi connectivity index (χ0n) is 13.4. The maximum absolute atomic E-state index is 3.73. The van der Waals surface area contributed by atoms with Gasteiger partial charge in [0.2, 0.25) is 0 Å². The number of unbranched alkanes of at least 4 members (excludes halogenated alkanes) is 1. The quantitative estimate of drug-likeness (QED) is 0.680. The van der Waals surface area contributed by atoms with Crippen molar-refractivity contribution in [3.05, 3.63) is 34.9 Å². The van der Waals surface area contributed by atoms with Gasteiger partial charge in [-0.1, -0.05) is 56.9 Å². The molecule has 1 N–H and O–H groups in total. The highest BCUT2D eigenvalue weighted by Gasteiger charge is 2.11. The average molecular weight is 261 g/mol. The van der Waals surface area contributed by atoms with Gasteiger partial charge in [0, 0.05) is 6.04 Å². The third-order valence-electron chi connectivity index (χ3n) is 4.16. The van der Waals surface area contributed by atoms with E-state index in [0.29, 0.717) is 6.04 Å². The van der Waals surface area contributed by atoms with Crippen molar-refractivity contribution in [2.75, 3.05) is 6.54 Å². The summed E-state index contributed by atoms with van der Waals surface area (Å²) in [6, 6.07) is 7.20. The number of hydrogen-bond donors (Lipinski definition) is 1. The molecule has 0 fully saturated rings. The fraction of sp³-hybridized carbons (Fsp3) is 0.667. The molecule has 1 heteroatoms. The molecule has 0 amide bonds. The van der Waals surface area contributed by atoms with E-state index in [1.807, 2.05) is 0 Å². The van der Waals surface area contributed by atoms with Crippen molar-refractivity contribution in [1.29, 1.82) is 0 Å². The van der Waals surface area contributed by atoms with Crippen molar-refractivity contribution in [3.63, 3.8) is 0 Å². The molecule has 0 saturated heterocycles. The van der Waals surface area contributed by atoms with E-state index in [1.54, 1.807) is 0 Å². The highest BCUT2D eigenvalue weighted by molar-refractivity contribution is 5.32. The molecule has 2 unspecified atom stereocenters. The minimum atomic E-state index is 0.454. The summed E-state index contributed by atoms with van der Waals surface area (Å²) < 4.78 is 0. The largest absolute Gasteiger partial charge is 0.310 e. The molecular formula is C18H31N. The zero-order chi connectivity index (χ0) is 14.3. The Kier molecular flexibility index (Phi) is 7.15. The van der Waals surface area contributed by atoms with Crippen molar-refractivity contribution in [2.45, 2.75) is 66.3 Å². The lowest BCUT2D eigenvalue weighted by atomic mass is 9.97. The van der Waals surface area contributed by atoms with Crippen molar-refractivity contribution in [1.82, 2.24) is 5.32 Å². The molecule has 0 bridgehead atoms. The molecule has 0 radical (unpaired) electrons. The molecule has 0 aromatic heterocycles. The van der Waals surface area contributed by atoms with Crippen LogP contribution in [0.1, 0.15) is 69.2 Å². The first-order valence-electron chi connectivity index (χ1n) is 7.89. The normalized spacial score (nSPS) is 14.4. The van der Waals surface area contributed by atoms with Crippen LogP contribution >= 0.6 is 0 Å². The van der Waals surface area contributed by atoms with Crippen molar-refractivity contribution < 1.29 is 0 Å². The predicted molar refractivity (Wildman–Crippen MR) is 85.6 cm³/mol. The van der Waals surface area contributed by atoms with Gasteiger partial charge in [0.15, 0.2) is 0 Å². The molecule has 0 saturated carbocycles. The van der Waals surface area contributed by atoms with Gasteiger partial charge in [-0.25, -0.2) is 0 Å². The summed E-state index contributed by atoms with van der Waals surface area (Å²) in [5, 5.41) is 3.73. The van der Waals surface area contributed by atoms with Gasteiger partial charge in [-0.2, -0.15) is 0 Å². The lowest BCUT2D eigenvalue weighted by molar-refractivity contribution is 0.398. The van der Waals surface area contributed by atoms with E-state index in [1.165, 1.54) is 42.4 Å². The first-order chi connectivity index (χ1) is 9.08. The molecule has 0 aliphatic heterocycles. The zero-order valence-corrected chi connectivity index (χ0v) is 13.4. The first kappa shape index (κ1) is 16.2. The van der Waals surface area contributed by atoms with Gasteiger partial charge < -0.3 is 5.32 Å². The van der Waals surface area contributed by atoms with Crippen LogP contribution < -0.4 is 5.32 Å². The second kappa shape index (κ2) is 8.37. The van der Waals surface area contributed by atoms with Gasteiger partial charge in [-0.3, -0.25) is 0 Å². The Labute approximate surface area is 119 Å². The fourth-order valence-electron chi connectivity index (χ4n) is 2.62. The van der Waals surface area contributed by atoms with Crippen LogP contribution in [0.3, 0.4) is 0 Å². The Morgan fingerprint density at radius 3 is 2.53 bits per heavy atom. The maximum Gasteiger partial charge on any atom is 0.0294 e. The summed E-state index contributed by atoms with van der Waals surface area (Å²) in [7, 11) is 0. The molecular weight excluding hydrogens is 230 g/mol. The summed E-state index contributed by atoms with van der Waals surface area (Å²) in [4.78, 5) is 0. The van der Waals surface area contributed by atoms with Crippen molar-refractivity contribution in [3.8, 4) is 0 Å². The molecule has 1 nitrogen and oxygen atoms in total. The molecule has 108 valence electrons. The van der Waals surface area contributed by atoms with E-state index in [2.05, 4.69) is 58.1 Å². The Morgan fingerprint density at radius 1 is 1.16 bits per heavy atom. The smallest absolute Gasteiger partial charge is 0.0294 e. The molecule has 0 spiro atoms. The maximum atomic E-state index is 3.73. The first-order valence-corrected chi connectivity index (χ1v) is 7.89. The summed E-state index contributed by atoms with van der Waals surface area (Å²) in [6.07, 6.45) is 5.31. The minimum Gasteiger partial charge on any atom is -0.310 e. The van der Waals surface area contributed by atoms with E-state index in [0.717, 1.165) is 12.5 Å². The SMILES string of the molecule is CCCCC(CC)CNC(C)c1cc(C)ccc1C. The standard InChI is InChI=1S/C18H31N/c1-6-8-9-17(7-2)13-19-16(5)18-12-14(3)10-11-15(18)4/h10-12,16-17,19H,6-9,13H2,1-5H3. The number of benzene rings is 1. The van der Waals surface area contributed by atoms with Gasteiger partial charge in [0.25, 0.3) is 0 Å². The number of rotatable bonds is 8. The van der Waals surface area contributed by atoms with Gasteiger partial charge in [0.1, 0.15) is 0 Å². The molecule has 0 aliphatic rings. The van der Waals surface area contributed by atoms with Gasteiger partial charge >= 0.3 is 0 Å². The van der Waals surface area contributed by atoms with Crippen LogP contribution in [0.25, 0.3) is 0 Å². The Hall–Kier alpha value is -0.820. The van der Waals surface area contributed by atoms with Gasteiger partial charge in [0.05, 0.1) is 0 Å². The molecule has 0 aliphatic carbocycles. The molecule has 2 atom stereocenters. The summed E-state index contributed by atoms with van der Waals surface area (Å²) in [5.41, 5.74) is 4.20. The minimum absolute atomic E-state index is 0.454. The molecule has 1 aromatic carbocycles.